The van der Waals surface area contributed by atoms with Crippen molar-refractivity contribution in [1.29, 1.82) is 0 Å². The highest BCUT2D eigenvalue weighted by Gasteiger charge is 2.15. The number of nitrogen functional groups attached to an aromatic ring is 1. The molecule has 0 saturated carbocycles. The topological polar surface area (TPSA) is 89.9 Å². The van der Waals surface area contributed by atoms with E-state index in [1.807, 2.05) is 18.2 Å². The molecule has 3 N–H and O–H groups in total. The summed E-state index contributed by atoms with van der Waals surface area (Å²) in [5.74, 6) is 0.480. The van der Waals surface area contributed by atoms with E-state index in [2.05, 4.69) is 20.3 Å². The van der Waals surface area contributed by atoms with Gasteiger partial charge in [0.2, 0.25) is 5.95 Å². The number of rotatable bonds is 4. The fraction of sp³-hybridized carbons (Fsp3) is 0. The number of nitrogens with zero attached hydrogens (tertiary/aromatic N) is 3. The molecule has 0 bridgehead atoms. The molecule has 128 valence electrons. The summed E-state index contributed by atoms with van der Waals surface area (Å²) in [7, 11) is 0. The second-order valence-corrected chi connectivity index (χ2v) is 5.56. The van der Waals surface area contributed by atoms with E-state index in [9.17, 15) is 4.39 Å². The van der Waals surface area contributed by atoms with Crippen molar-refractivity contribution < 1.29 is 8.81 Å². The van der Waals surface area contributed by atoms with Crippen molar-refractivity contribution in [3.05, 3.63) is 73.0 Å². The Labute approximate surface area is 148 Å². The highest BCUT2D eigenvalue weighted by molar-refractivity contribution is 5.76. The predicted octanol–water partition coefficient (Wildman–Crippen LogP) is 4.26. The van der Waals surface area contributed by atoms with E-state index >= 15 is 0 Å². The molecule has 0 saturated heterocycles. The molecule has 4 aromatic rings. The molecule has 2 heterocycles. The van der Waals surface area contributed by atoms with Crippen LogP contribution in [-0.2, 0) is 0 Å². The third-order valence-corrected chi connectivity index (χ3v) is 3.70. The predicted molar refractivity (Wildman–Crippen MR) is 97.1 cm³/mol. The number of aromatic nitrogens is 3. The van der Waals surface area contributed by atoms with Crippen LogP contribution in [0.25, 0.3) is 22.7 Å². The maximum Gasteiger partial charge on any atom is 0.227 e. The van der Waals surface area contributed by atoms with Crippen molar-refractivity contribution >= 4 is 17.3 Å². The number of hydrogen-bond acceptors (Lipinski definition) is 6. The van der Waals surface area contributed by atoms with Gasteiger partial charge in [0.05, 0.1) is 0 Å². The number of halogens is 1. The lowest BCUT2D eigenvalue weighted by atomic mass is 10.1. The number of nitrogens with one attached hydrogen (secondary N) is 1. The number of oxazole rings is 1. The molecule has 0 fully saturated rings. The van der Waals surface area contributed by atoms with Crippen molar-refractivity contribution in [2.24, 2.45) is 0 Å². The molecule has 7 heteroatoms. The zero-order valence-electron chi connectivity index (χ0n) is 13.6. The molecule has 0 aliphatic carbocycles. The Morgan fingerprint density at radius 2 is 1.88 bits per heavy atom. The molecule has 0 amide bonds. The summed E-state index contributed by atoms with van der Waals surface area (Å²) in [6.45, 7) is 0. The minimum absolute atomic E-state index is 0.322. The maximum atomic E-state index is 13.3. The first kappa shape index (κ1) is 15.8. The fourth-order valence-electron chi connectivity index (χ4n) is 2.56. The summed E-state index contributed by atoms with van der Waals surface area (Å²) in [5, 5.41) is 2.97. The molecule has 2 aromatic heterocycles. The van der Waals surface area contributed by atoms with E-state index in [-0.39, 0.29) is 5.82 Å². The molecule has 6 nitrogen and oxygen atoms in total. The van der Waals surface area contributed by atoms with Gasteiger partial charge in [-0.3, -0.25) is 0 Å². The van der Waals surface area contributed by atoms with Crippen LogP contribution >= 0.6 is 0 Å². The average molecular weight is 347 g/mol. The Balaban J connectivity index is 1.69. The SMILES string of the molecule is Nc1cccc(-c2ncoc2-c2ccnc(Nc3cccc(F)c3)n2)c1. The zero-order valence-corrected chi connectivity index (χ0v) is 13.6. The Morgan fingerprint density at radius 3 is 2.73 bits per heavy atom. The minimum Gasteiger partial charge on any atom is -0.441 e. The first-order valence-electron chi connectivity index (χ1n) is 7.84. The summed E-state index contributed by atoms with van der Waals surface area (Å²) in [6.07, 6.45) is 2.95. The summed E-state index contributed by atoms with van der Waals surface area (Å²) in [5.41, 5.74) is 9.04. The van der Waals surface area contributed by atoms with Crippen LogP contribution in [0.3, 0.4) is 0 Å². The van der Waals surface area contributed by atoms with Gasteiger partial charge in [0.15, 0.2) is 12.2 Å². The molecule has 26 heavy (non-hydrogen) atoms. The van der Waals surface area contributed by atoms with Gasteiger partial charge < -0.3 is 15.5 Å². The van der Waals surface area contributed by atoms with Gasteiger partial charge in [-0.15, -0.1) is 0 Å². The lowest BCUT2D eigenvalue weighted by molar-refractivity contribution is 0.570. The molecule has 4 rings (SSSR count). The number of hydrogen-bond donors (Lipinski definition) is 2. The maximum absolute atomic E-state index is 13.3. The van der Waals surface area contributed by atoms with Crippen molar-refractivity contribution in [2.75, 3.05) is 11.1 Å². The van der Waals surface area contributed by atoms with Gasteiger partial charge in [0.1, 0.15) is 17.2 Å². The lowest BCUT2D eigenvalue weighted by Gasteiger charge is -2.06. The van der Waals surface area contributed by atoms with Gasteiger partial charge >= 0.3 is 0 Å². The van der Waals surface area contributed by atoms with Crippen LogP contribution in [0.15, 0.2) is 71.6 Å². The van der Waals surface area contributed by atoms with Gasteiger partial charge in [0.25, 0.3) is 0 Å². The fourth-order valence-corrected chi connectivity index (χ4v) is 2.56. The first-order chi connectivity index (χ1) is 12.7. The normalized spacial score (nSPS) is 10.7. The van der Waals surface area contributed by atoms with Gasteiger partial charge in [0, 0.05) is 23.1 Å². The highest BCUT2D eigenvalue weighted by Crippen LogP contribution is 2.31. The van der Waals surface area contributed by atoms with E-state index < -0.39 is 0 Å². The van der Waals surface area contributed by atoms with E-state index in [0.29, 0.717) is 34.5 Å². The summed E-state index contributed by atoms with van der Waals surface area (Å²) >= 11 is 0. The third kappa shape index (κ3) is 3.23. The van der Waals surface area contributed by atoms with Crippen molar-refractivity contribution in [1.82, 2.24) is 15.0 Å². The average Bonchev–Trinajstić information content (AvgIpc) is 3.12. The molecular formula is C19H14FN5O. The number of anilines is 3. The molecule has 0 radical (unpaired) electrons. The monoisotopic (exact) mass is 347 g/mol. The van der Waals surface area contributed by atoms with Crippen LogP contribution in [0, 0.1) is 5.82 Å². The Bertz CT molecular complexity index is 1060. The number of benzene rings is 2. The van der Waals surface area contributed by atoms with E-state index in [4.69, 9.17) is 10.2 Å². The second kappa shape index (κ2) is 6.64. The molecule has 0 atom stereocenters. The molecule has 0 spiro atoms. The Morgan fingerprint density at radius 1 is 1.00 bits per heavy atom. The van der Waals surface area contributed by atoms with Gasteiger partial charge in [-0.25, -0.2) is 19.3 Å². The van der Waals surface area contributed by atoms with E-state index in [1.54, 1.807) is 30.5 Å². The van der Waals surface area contributed by atoms with Crippen LogP contribution in [0.1, 0.15) is 0 Å². The van der Waals surface area contributed by atoms with Crippen LogP contribution < -0.4 is 11.1 Å². The van der Waals surface area contributed by atoms with Gasteiger partial charge in [-0.05, 0) is 36.4 Å². The van der Waals surface area contributed by atoms with Gasteiger partial charge in [-0.1, -0.05) is 18.2 Å². The quantitative estimate of drug-likeness (QED) is 0.536. The Hall–Kier alpha value is -3.74. The van der Waals surface area contributed by atoms with Crippen LogP contribution in [0.4, 0.5) is 21.7 Å². The largest absolute Gasteiger partial charge is 0.441 e. The lowest BCUT2D eigenvalue weighted by Crippen LogP contribution is -1.98. The van der Waals surface area contributed by atoms with Crippen molar-refractivity contribution in [2.45, 2.75) is 0 Å². The molecular weight excluding hydrogens is 333 g/mol. The molecule has 2 aromatic carbocycles. The van der Waals surface area contributed by atoms with E-state index in [0.717, 1.165) is 5.56 Å². The summed E-state index contributed by atoms with van der Waals surface area (Å²) in [6, 6.07) is 15.1. The molecule has 0 aliphatic heterocycles. The molecule has 0 unspecified atom stereocenters. The highest BCUT2D eigenvalue weighted by atomic mass is 19.1. The Kier molecular flexibility index (Phi) is 4.03. The van der Waals surface area contributed by atoms with Crippen molar-refractivity contribution in [3.63, 3.8) is 0 Å². The first-order valence-corrected chi connectivity index (χ1v) is 7.84. The smallest absolute Gasteiger partial charge is 0.227 e. The standard InChI is InChI=1S/C19H14FN5O/c20-13-4-2-6-15(10-13)24-19-22-8-7-16(25-19)18-17(23-11-26-18)12-3-1-5-14(21)9-12/h1-11H,21H2,(H,22,24,25). The molecule has 0 aliphatic rings. The second-order valence-electron chi connectivity index (χ2n) is 5.56. The zero-order chi connectivity index (χ0) is 17.9. The summed E-state index contributed by atoms with van der Waals surface area (Å²) < 4.78 is 18.9. The number of nitrogens with two attached hydrogens (primary N) is 1. The van der Waals surface area contributed by atoms with E-state index in [1.165, 1.54) is 18.5 Å². The minimum atomic E-state index is -0.342. The van der Waals surface area contributed by atoms with Crippen LogP contribution in [0.5, 0.6) is 0 Å². The van der Waals surface area contributed by atoms with Crippen LogP contribution in [-0.4, -0.2) is 15.0 Å². The third-order valence-electron chi connectivity index (χ3n) is 3.70. The van der Waals surface area contributed by atoms with Gasteiger partial charge in [-0.2, -0.15) is 0 Å². The van der Waals surface area contributed by atoms with Crippen molar-refractivity contribution in [3.8, 4) is 22.7 Å². The van der Waals surface area contributed by atoms with Crippen LogP contribution in [0.2, 0.25) is 0 Å². The summed E-state index contributed by atoms with van der Waals surface area (Å²) in [4.78, 5) is 12.9.